The molecule has 0 aliphatic heterocycles. The molecule has 5 nitrogen and oxygen atoms in total. The van der Waals surface area contributed by atoms with Crippen LogP contribution in [0.5, 0.6) is 0 Å². The molecule has 1 unspecified atom stereocenters. The Bertz CT molecular complexity index is 409. The Morgan fingerprint density at radius 1 is 1.37 bits per heavy atom. The van der Waals surface area contributed by atoms with Crippen molar-refractivity contribution in [1.29, 1.82) is 0 Å². The molecule has 1 aromatic rings. The lowest BCUT2D eigenvalue weighted by molar-refractivity contribution is -0.0469. The molecule has 2 rings (SSSR count). The van der Waals surface area contributed by atoms with Crippen LogP contribution in [0.2, 0.25) is 0 Å². The number of hydrogen-bond acceptors (Lipinski definition) is 5. The van der Waals surface area contributed by atoms with Crippen LogP contribution in [0.15, 0.2) is 4.52 Å². The van der Waals surface area contributed by atoms with E-state index in [0.29, 0.717) is 18.3 Å². The summed E-state index contributed by atoms with van der Waals surface area (Å²) in [5, 5.41) is 4.15. The summed E-state index contributed by atoms with van der Waals surface area (Å²) in [5.74, 6) is 1.20. The molecule has 1 aromatic heterocycles. The normalized spacial score (nSPS) is 21.5. The Morgan fingerprint density at radius 2 is 2.05 bits per heavy atom. The monoisotopic (exact) mass is 267 g/mol. The van der Waals surface area contributed by atoms with Crippen molar-refractivity contribution in [2.75, 3.05) is 6.61 Å². The second-order valence-electron chi connectivity index (χ2n) is 5.73. The van der Waals surface area contributed by atoms with Gasteiger partial charge in [-0.3, -0.25) is 0 Å². The SMILES string of the molecule is CCCC(C)(N)c1nc(C2(OCC)CCCC2)no1. The van der Waals surface area contributed by atoms with Crippen LogP contribution in [-0.2, 0) is 15.9 Å². The second kappa shape index (κ2) is 5.59. The number of rotatable bonds is 6. The smallest absolute Gasteiger partial charge is 0.246 e. The van der Waals surface area contributed by atoms with Gasteiger partial charge in [0.1, 0.15) is 5.60 Å². The third-order valence-electron chi connectivity index (χ3n) is 3.92. The van der Waals surface area contributed by atoms with Crippen molar-refractivity contribution >= 4 is 0 Å². The largest absolute Gasteiger partial charge is 0.367 e. The summed E-state index contributed by atoms with van der Waals surface area (Å²) < 4.78 is 11.3. The first-order valence-electron chi connectivity index (χ1n) is 7.31. The maximum Gasteiger partial charge on any atom is 0.246 e. The van der Waals surface area contributed by atoms with Crippen molar-refractivity contribution in [3.8, 4) is 0 Å². The fourth-order valence-electron chi connectivity index (χ4n) is 2.92. The van der Waals surface area contributed by atoms with Gasteiger partial charge in [-0.25, -0.2) is 0 Å². The van der Waals surface area contributed by atoms with E-state index in [0.717, 1.165) is 38.5 Å². The highest BCUT2D eigenvalue weighted by molar-refractivity contribution is 5.08. The molecule has 0 saturated heterocycles. The molecular weight excluding hydrogens is 242 g/mol. The van der Waals surface area contributed by atoms with Crippen LogP contribution in [0.25, 0.3) is 0 Å². The van der Waals surface area contributed by atoms with Gasteiger partial charge in [0.15, 0.2) is 0 Å². The summed E-state index contributed by atoms with van der Waals surface area (Å²) >= 11 is 0. The lowest BCUT2D eigenvalue weighted by Crippen LogP contribution is -2.34. The quantitative estimate of drug-likeness (QED) is 0.857. The van der Waals surface area contributed by atoms with Gasteiger partial charge >= 0.3 is 0 Å². The van der Waals surface area contributed by atoms with E-state index in [9.17, 15) is 0 Å². The third kappa shape index (κ3) is 2.82. The minimum atomic E-state index is -0.550. The predicted molar refractivity (Wildman–Crippen MR) is 72.5 cm³/mol. The fraction of sp³-hybridized carbons (Fsp3) is 0.857. The molecule has 1 fully saturated rings. The zero-order chi connectivity index (χ0) is 13.9. The van der Waals surface area contributed by atoms with Crippen molar-refractivity contribution in [1.82, 2.24) is 10.1 Å². The van der Waals surface area contributed by atoms with Crippen molar-refractivity contribution in [3.63, 3.8) is 0 Å². The van der Waals surface area contributed by atoms with E-state index in [-0.39, 0.29) is 5.60 Å². The van der Waals surface area contributed by atoms with E-state index in [4.69, 9.17) is 15.0 Å². The van der Waals surface area contributed by atoms with Gasteiger partial charge in [0.05, 0.1) is 5.54 Å². The van der Waals surface area contributed by atoms with Crippen LogP contribution in [-0.4, -0.2) is 16.7 Å². The van der Waals surface area contributed by atoms with Gasteiger partial charge in [-0.15, -0.1) is 0 Å². The van der Waals surface area contributed by atoms with Gasteiger partial charge in [0, 0.05) is 6.61 Å². The number of nitrogens with zero attached hydrogens (tertiary/aromatic N) is 2. The molecule has 1 saturated carbocycles. The van der Waals surface area contributed by atoms with E-state index in [1.807, 2.05) is 13.8 Å². The Balaban J connectivity index is 2.24. The van der Waals surface area contributed by atoms with Gasteiger partial charge in [-0.2, -0.15) is 4.98 Å². The van der Waals surface area contributed by atoms with Crippen LogP contribution in [0, 0.1) is 0 Å². The maximum atomic E-state index is 6.24. The van der Waals surface area contributed by atoms with Gasteiger partial charge < -0.3 is 15.0 Å². The molecule has 5 heteroatoms. The Hall–Kier alpha value is -0.940. The van der Waals surface area contributed by atoms with E-state index in [1.165, 1.54) is 0 Å². The predicted octanol–water partition coefficient (Wildman–Crippen LogP) is 2.85. The van der Waals surface area contributed by atoms with Gasteiger partial charge in [-0.05, 0) is 46.0 Å². The highest BCUT2D eigenvalue weighted by Gasteiger charge is 2.42. The van der Waals surface area contributed by atoms with Gasteiger partial charge in [0.2, 0.25) is 11.7 Å². The van der Waals surface area contributed by atoms with E-state index < -0.39 is 5.54 Å². The summed E-state index contributed by atoms with van der Waals surface area (Å²) in [6, 6.07) is 0. The van der Waals surface area contributed by atoms with Crippen LogP contribution in [0.3, 0.4) is 0 Å². The first-order valence-corrected chi connectivity index (χ1v) is 7.31. The molecule has 1 aliphatic rings. The number of nitrogens with two attached hydrogens (primary N) is 1. The third-order valence-corrected chi connectivity index (χ3v) is 3.92. The number of aromatic nitrogens is 2. The molecule has 1 atom stereocenters. The highest BCUT2D eigenvalue weighted by atomic mass is 16.5. The molecule has 0 aromatic carbocycles. The summed E-state index contributed by atoms with van der Waals surface area (Å²) in [6.45, 7) is 6.71. The molecule has 0 radical (unpaired) electrons. The topological polar surface area (TPSA) is 74.2 Å². The van der Waals surface area contributed by atoms with Crippen molar-refractivity contribution in [2.45, 2.75) is 70.4 Å². The lowest BCUT2D eigenvalue weighted by atomic mass is 9.97. The number of hydrogen-bond donors (Lipinski definition) is 1. The Morgan fingerprint density at radius 3 is 2.63 bits per heavy atom. The van der Waals surface area contributed by atoms with Crippen LogP contribution < -0.4 is 5.73 Å². The summed E-state index contributed by atoms with van der Waals surface area (Å²) in [4.78, 5) is 4.55. The van der Waals surface area contributed by atoms with Crippen LogP contribution in [0.1, 0.15) is 71.0 Å². The first kappa shape index (κ1) is 14.5. The Labute approximate surface area is 114 Å². The van der Waals surface area contributed by atoms with Gasteiger partial charge in [0.25, 0.3) is 0 Å². The maximum absolute atomic E-state index is 6.24. The zero-order valence-corrected chi connectivity index (χ0v) is 12.2. The van der Waals surface area contributed by atoms with Gasteiger partial charge in [-0.1, -0.05) is 18.5 Å². The summed E-state index contributed by atoms with van der Waals surface area (Å²) in [6.07, 6.45) is 6.05. The standard InChI is InChI=1S/C14H25N3O2/c1-4-8-13(3,15)12-16-11(17-19-12)14(18-5-2)9-6-7-10-14/h4-10,15H2,1-3H3. The average molecular weight is 267 g/mol. The molecule has 1 aliphatic carbocycles. The Kier molecular flexibility index (Phi) is 4.26. The highest BCUT2D eigenvalue weighted by Crippen LogP contribution is 2.41. The lowest BCUT2D eigenvalue weighted by Gasteiger charge is -2.25. The molecule has 0 spiro atoms. The minimum absolute atomic E-state index is 0.348. The summed E-state index contributed by atoms with van der Waals surface area (Å²) in [5.41, 5.74) is 5.34. The van der Waals surface area contributed by atoms with Crippen LogP contribution >= 0.6 is 0 Å². The number of ether oxygens (including phenoxy) is 1. The molecule has 0 bridgehead atoms. The van der Waals surface area contributed by atoms with Crippen molar-refractivity contribution in [2.24, 2.45) is 5.73 Å². The average Bonchev–Trinajstić information content (AvgIpc) is 2.97. The van der Waals surface area contributed by atoms with Crippen LogP contribution in [0.4, 0.5) is 0 Å². The fourth-order valence-corrected chi connectivity index (χ4v) is 2.92. The van der Waals surface area contributed by atoms with E-state index in [2.05, 4.69) is 17.1 Å². The molecule has 19 heavy (non-hydrogen) atoms. The van der Waals surface area contributed by atoms with E-state index in [1.54, 1.807) is 0 Å². The summed E-state index contributed by atoms with van der Waals surface area (Å²) in [7, 11) is 0. The first-order chi connectivity index (χ1) is 9.04. The second-order valence-corrected chi connectivity index (χ2v) is 5.73. The van der Waals surface area contributed by atoms with E-state index >= 15 is 0 Å². The molecule has 2 N–H and O–H groups in total. The van der Waals surface area contributed by atoms with Crippen molar-refractivity contribution < 1.29 is 9.26 Å². The molecule has 1 heterocycles. The zero-order valence-electron chi connectivity index (χ0n) is 12.2. The molecule has 0 amide bonds. The molecule has 108 valence electrons. The van der Waals surface area contributed by atoms with Crippen molar-refractivity contribution in [3.05, 3.63) is 11.7 Å². The minimum Gasteiger partial charge on any atom is -0.367 e. The molecular formula is C14H25N3O2.